The van der Waals surface area contributed by atoms with Crippen molar-refractivity contribution in [1.82, 2.24) is 0 Å². The van der Waals surface area contributed by atoms with Gasteiger partial charge in [-0.1, -0.05) is 12.8 Å². The molecule has 0 aromatic rings. The molecule has 10 heavy (non-hydrogen) atoms. The molecule has 0 aromatic heterocycles. The first-order chi connectivity index (χ1) is 4.72. The first-order valence-electron chi connectivity index (χ1n) is 3.24. The summed E-state index contributed by atoms with van der Waals surface area (Å²) in [6.45, 7) is 0. The standard InChI is InChI=1S/C7H10BrO2/c1-10-6(9)4-7(5-8)2-3-7/h5H,2-4H2,1H3/q-1. The summed E-state index contributed by atoms with van der Waals surface area (Å²) in [5.41, 5.74) is 0.132. The molecule has 1 saturated carbocycles. The number of hydrogen-bond donors (Lipinski definition) is 0. The molecule has 0 heterocycles. The van der Waals surface area contributed by atoms with Crippen LogP contribution in [0.4, 0.5) is 0 Å². The lowest BCUT2D eigenvalue weighted by Crippen LogP contribution is -2.08. The van der Waals surface area contributed by atoms with E-state index < -0.39 is 0 Å². The molecule has 0 unspecified atom stereocenters. The number of methoxy groups -OCH3 is 1. The van der Waals surface area contributed by atoms with Gasteiger partial charge in [-0.3, -0.25) is 10.1 Å². The highest BCUT2D eigenvalue weighted by Crippen LogP contribution is 2.52. The third-order valence-corrected chi connectivity index (χ3v) is 2.82. The Morgan fingerprint density at radius 2 is 2.40 bits per heavy atom. The van der Waals surface area contributed by atoms with Crippen LogP contribution in [0.1, 0.15) is 19.3 Å². The van der Waals surface area contributed by atoms with Crippen LogP contribution in [-0.2, 0) is 9.53 Å². The van der Waals surface area contributed by atoms with Crippen molar-refractivity contribution in [3.63, 3.8) is 0 Å². The minimum absolute atomic E-state index is 0.117. The second-order valence-electron chi connectivity index (χ2n) is 2.72. The van der Waals surface area contributed by atoms with Gasteiger partial charge in [0.15, 0.2) is 0 Å². The number of ether oxygens (including phenoxy) is 1. The Bertz CT molecular complexity index is 141. The molecule has 0 aromatic carbocycles. The lowest BCUT2D eigenvalue weighted by molar-refractivity contribution is -0.141. The normalized spacial score (nSPS) is 20.2. The Morgan fingerprint density at radius 3 is 2.70 bits per heavy atom. The van der Waals surface area contributed by atoms with Crippen molar-refractivity contribution in [2.24, 2.45) is 5.41 Å². The van der Waals surface area contributed by atoms with Gasteiger partial charge in [-0.25, -0.2) is 0 Å². The number of carbonyl (C=O) groups is 1. The SMILES string of the molecule is COC(=O)CC1([CH-]Br)CC1. The second-order valence-corrected chi connectivity index (χ2v) is 3.18. The average molecular weight is 206 g/mol. The minimum Gasteiger partial charge on any atom is -0.469 e. The minimum atomic E-state index is -0.117. The van der Waals surface area contributed by atoms with Crippen LogP contribution in [0.5, 0.6) is 0 Å². The molecule has 0 atom stereocenters. The van der Waals surface area contributed by atoms with Crippen molar-refractivity contribution < 1.29 is 9.53 Å². The maximum Gasteiger partial charge on any atom is 0.303 e. The van der Waals surface area contributed by atoms with E-state index in [1.54, 1.807) is 0 Å². The summed E-state index contributed by atoms with van der Waals surface area (Å²) in [4.78, 5) is 10.8. The van der Waals surface area contributed by atoms with Crippen LogP contribution >= 0.6 is 15.9 Å². The maximum absolute atomic E-state index is 10.8. The van der Waals surface area contributed by atoms with Crippen molar-refractivity contribution >= 4 is 21.9 Å². The van der Waals surface area contributed by atoms with Gasteiger partial charge in [0.05, 0.1) is 7.11 Å². The zero-order valence-electron chi connectivity index (χ0n) is 5.89. The molecule has 0 aliphatic heterocycles. The van der Waals surface area contributed by atoms with Gasteiger partial charge in [0.2, 0.25) is 0 Å². The van der Waals surface area contributed by atoms with E-state index in [4.69, 9.17) is 0 Å². The third-order valence-electron chi connectivity index (χ3n) is 1.85. The van der Waals surface area contributed by atoms with Crippen molar-refractivity contribution in [2.45, 2.75) is 19.3 Å². The molecule has 0 bridgehead atoms. The fourth-order valence-electron chi connectivity index (χ4n) is 0.845. The highest BCUT2D eigenvalue weighted by atomic mass is 79.9. The Morgan fingerprint density at radius 1 is 1.80 bits per heavy atom. The average Bonchev–Trinajstić information content (AvgIpc) is 2.70. The van der Waals surface area contributed by atoms with Gasteiger partial charge in [0, 0.05) is 6.42 Å². The van der Waals surface area contributed by atoms with Crippen molar-refractivity contribution in [1.29, 1.82) is 0 Å². The van der Waals surface area contributed by atoms with Gasteiger partial charge in [0.25, 0.3) is 0 Å². The molecule has 0 saturated heterocycles. The Hall–Kier alpha value is -0.0500. The summed E-state index contributed by atoms with van der Waals surface area (Å²) in [5.74, 6) is -0.117. The van der Waals surface area contributed by atoms with E-state index in [0.29, 0.717) is 6.42 Å². The molecular formula is C7H10BrO2-. The van der Waals surface area contributed by atoms with Crippen LogP contribution in [0.15, 0.2) is 0 Å². The molecule has 0 amide bonds. The summed E-state index contributed by atoms with van der Waals surface area (Å²) >= 11 is 3.26. The summed E-state index contributed by atoms with van der Waals surface area (Å²) in [6, 6.07) is 0. The molecule has 3 heteroatoms. The van der Waals surface area contributed by atoms with Crippen LogP contribution in [0, 0.1) is 10.7 Å². The Balaban J connectivity index is 2.30. The van der Waals surface area contributed by atoms with Gasteiger partial charge in [-0.05, 0) is 0 Å². The van der Waals surface area contributed by atoms with Crippen LogP contribution in [0.2, 0.25) is 0 Å². The highest BCUT2D eigenvalue weighted by Gasteiger charge is 2.35. The first-order valence-corrected chi connectivity index (χ1v) is 4.15. The number of halogens is 1. The van der Waals surface area contributed by atoms with Crippen LogP contribution in [0.25, 0.3) is 0 Å². The van der Waals surface area contributed by atoms with Crippen LogP contribution in [-0.4, -0.2) is 13.1 Å². The Kier molecular flexibility index (Phi) is 2.34. The highest BCUT2D eigenvalue weighted by molar-refractivity contribution is 9.10. The molecule has 1 aliphatic carbocycles. The predicted octanol–water partition coefficient (Wildman–Crippen LogP) is 1.89. The summed E-state index contributed by atoms with van der Waals surface area (Å²) in [7, 11) is 1.42. The van der Waals surface area contributed by atoms with Crippen molar-refractivity contribution in [3.8, 4) is 0 Å². The second kappa shape index (κ2) is 2.91. The molecule has 1 aliphatic rings. The largest absolute Gasteiger partial charge is 0.469 e. The molecular weight excluding hydrogens is 196 g/mol. The number of rotatable bonds is 3. The molecule has 1 fully saturated rings. The van der Waals surface area contributed by atoms with Crippen LogP contribution < -0.4 is 0 Å². The summed E-state index contributed by atoms with van der Waals surface area (Å²) in [5, 5.41) is 1.93. The third kappa shape index (κ3) is 1.72. The molecule has 0 radical (unpaired) electrons. The lowest BCUT2D eigenvalue weighted by Gasteiger charge is -2.17. The van der Waals surface area contributed by atoms with Gasteiger partial charge in [-0.2, -0.15) is 0 Å². The lowest BCUT2D eigenvalue weighted by atomic mass is 10.1. The number of hydrogen-bond acceptors (Lipinski definition) is 2. The fraction of sp³-hybridized carbons (Fsp3) is 0.714. The predicted molar refractivity (Wildman–Crippen MR) is 41.5 cm³/mol. The Labute approximate surface area is 69.1 Å². The van der Waals surface area contributed by atoms with E-state index in [0.717, 1.165) is 12.8 Å². The van der Waals surface area contributed by atoms with Gasteiger partial charge in [-0.15, -0.1) is 5.41 Å². The van der Waals surface area contributed by atoms with E-state index in [9.17, 15) is 4.79 Å². The van der Waals surface area contributed by atoms with E-state index in [1.807, 2.05) is 5.33 Å². The maximum atomic E-state index is 10.8. The zero-order chi connectivity index (χ0) is 7.61. The quantitative estimate of drug-likeness (QED) is 0.520. The van der Waals surface area contributed by atoms with Crippen molar-refractivity contribution in [2.75, 3.05) is 7.11 Å². The monoisotopic (exact) mass is 205 g/mol. The summed E-state index contributed by atoms with van der Waals surface area (Å²) in [6.07, 6.45) is 2.73. The van der Waals surface area contributed by atoms with E-state index in [1.165, 1.54) is 7.11 Å². The molecule has 0 spiro atoms. The van der Waals surface area contributed by atoms with Gasteiger partial charge in [0.1, 0.15) is 0 Å². The smallest absolute Gasteiger partial charge is 0.303 e. The van der Waals surface area contributed by atoms with E-state index in [2.05, 4.69) is 20.7 Å². The number of carbonyl (C=O) groups excluding carboxylic acids is 1. The number of esters is 1. The van der Waals surface area contributed by atoms with Gasteiger partial charge < -0.3 is 20.7 Å². The molecule has 2 nitrogen and oxygen atoms in total. The first kappa shape index (κ1) is 8.05. The topological polar surface area (TPSA) is 26.3 Å². The molecule has 0 N–H and O–H groups in total. The van der Waals surface area contributed by atoms with E-state index in [-0.39, 0.29) is 11.4 Å². The van der Waals surface area contributed by atoms with Crippen LogP contribution in [0.3, 0.4) is 0 Å². The van der Waals surface area contributed by atoms with E-state index >= 15 is 0 Å². The van der Waals surface area contributed by atoms with Crippen molar-refractivity contribution in [3.05, 3.63) is 5.33 Å². The summed E-state index contributed by atoms with van der Waals surface area (Å²) < 4.78 is 4.55. The molecule has 58 valence electrons. The fourth-order valence-corrected chi connectivity index (χ4v) is 1.46. The van der Waals surface area contributed by atoms with Gasteiger partial charge >= 0.3 is 5.97 Å². The molecule has 1 rings (SSSR count). The zero-order valence-corrected chi connectivity index (χ0v) is 7.48.